The smallest absolute Gasteiger partial charge is 0.408 e. The number of anilines is 1. The molecule has 1 heterocycles. The average Bonchev–Trinajstić information content (AvgIpc) is 2.36. The van der Waals surface area contributed by atoms with Gasteiger partial charge in [0.15, 0.2) is 0 Å². The van der Waals surface area contributed by atoms with Crippen LogP contribution in [0.15, 0.2) is 18.3 Å². The van der Waals surface area contributed by atoms with Crippen molar-refractivity contribution in [1.29, 1.82) is 0 Å². The summed E-state index contributed by atoms with van der Waals surface area (Å²) < 4.78 is 5.24. The SMILES string of the molecule is CC(C)(C)C[C@@H](NC(=O)OC(C)(C)C)C(=O)Nc1ccc(Cl)nc1. The van der Waals surface area contributed by atoms with E-state index in [0.29, 0.717) is 17.3 Å². The standard InChI is InChI=1S/C17H26ClN3O3/c1-16(2,3)9-12(21-15(23)24-17(4,5)6)14(22)20-11-7-8-13(18)19-10-11/h7-8,10,12H,9H2,1-6H3,(H,20,22)(H,21,23)/t12-/m1/s1. The van der Waals surface area contributed by atoms with Crippen LogP contribution < -0.4 is 10.6 Å². The van der Waals surface area contributed by atoms with Crippen LogP contribution in [0.5, 0.6) is 0 Å². The molecule has 1 aromatic rings. The normalized spacial score (nSPS) is 13.1. The van der Waals surface area contributed by atoms with Gasteiger partial charge in [-0.2, -0.15) is 0 Å². The van der Waals surface area contributed by atoms with Crippen LogP contribution in [0.2, 0.25) is 5.15 Å². The third kappa shape index (κ3) is 8.15. The van der Waals surface area contributed by atoms with Crippen LogP contribution in [0, 0.1) is 5.41 Å². The van der Waals surface area contributed by atoms with Gasteiger partial charge in [0.05, 0.1) is 11.9 Å². The first-order valence-corrected chi connectivity index (χ1v) is 8.15. The third-order valence-electron chi connectivity index (χ3n) is 2.82. The van der Waals surface area contributed by atoms with Crippen LogP contribution in [0.4, 0.5) is 10.5 Å². The van der Waals surface area contributed by atoms with Gasteiger partial charge in [-0.25, -0.2) is 9.78 Å². The first-order valence-electron chi connectivity index (χ1n) is 7.78. The minimum Gasteiger partial charge on any atom is -0.444 e. The van der Waals surface area contributed by atoms with Crippen molar-refractivity contribution in [3.63, 3.8) is 0 Å². The van der Waals surface area contributed by atoms with Gasteiger partial charge < -0.3 is 15.4 Å². The molecule has 0 aromatic carbocycles. The molecule has 1 atom stereocenters. The molecule has 2 amide bonds. The highest BCUT2D eigenvalue weighted by Gasteiger charge is 2.28. The fraction of sp³-hybridized carbons (Fsp3) is 0.588. The summed E-state index contributed by atoms with van der Waals surface area (Å²) in [5.41, 5.74) is -0.281. The summed E-state index contributed by atoms with van der Waals surface area (Å²) >= 11 is 5.73. The maximum atomic E-state index is 12.5. The molecule has 0 radical (unpaired) electrons. The molecule has 0 saturated carbocycles. The molecule has 7 heteroatoms. The number of rotatable bonds is 4. The van der Waals surface area contributed by atoms with Crippen LogP contribution in [-0.2, 0) is 9.53 Å². The van der Waals surface area contributed by atoms with E-state index < -0.39 is 17.7 Å². The number of hydrogen-bond donors (Lipinski definition) is 2. The van der Waals surface area contributed by atoms with Crippen LogP contribution in [0.1, 0.15) is 48.0 Å². The Morgan fingerprint density at radius 3 is 2.29 bits per heavy atom. The topological polar surface area (TPSA) is 80.3 Å². The van der Waals surface area contributed by atoms with Gasteiger partial charge in [0.2, 0.25) is 5.91 Å². The molecule has 0 fully saturated rings. The molecule has 0 aliphatic rings. The van der Waals surface area contributed by atoms with E-state index in [1.165, 1.54) is 6.20 Å². The number of alkyl carbamates (subject to hydrolysis) is 1. The van der Waals surface area contributed by atoms with E-state index >= 15 is 0 Å². The molecule has 0 aliphatic carbocycles. The van der Waals surface area contributed by atoms with Crippen LogP contribution in [0.3, 0.4) is 0 Å². The molecule has 0 bridgehead atoms. The number of carbonyl (C=O) groups excluding carboxylic acids is 2. The Bertz CT molecular complexity index is 574. The Hall–Kier alpha value is -1.82. The second-order valence-electron chi connectivity index (χ2n) is 7.82. The molecule has 0 unspecified atom stereocenters. The Morgan fingerprint density at radius 2 is 1.83 bits per heavy atom. The van der Waals surface area contributed by atoms with Crippen molar-refractivity contribution in [3.05, 3.63) is 23.5 Å². The van der Waals surface area contributed by atoms with Gasteiger partial charge in [-0.05, 0) is 44.7 Å². The van der Waals surface area contributed by atoms with E-state index in [9.17, 15) is 9.59 Å². The summed E-state index contributed by atoms with van der Waals surface area (Å²) in [7, 11) is 0. The van der Waals surface area contributed by atoms with E-state index in [-0.39, 0.29) is 11.3 Å². The zero-order valence-corrected chi connectivity index (χ0v) is 15.8. The van der Waals surface area contributed by atoms with Gasteiger partial charge in [0.1, 0.15) is 16.8 Å². The second-order valence-corrected chi connectivity index (χ2v) is 8.21. The van der Waals surface area contributed by atoms with Crippen LogP contribution in [0.25, 0.3) is 0 Å². The van der Waals surface area contributed by atoms with Crippen LogP contribution in [-0.4, -0.2) is 28.6 Å². The lowest BCUT2D eigenvalue weighted by atomic mass is 9.88. The number of amides is 2. The number of nitrogens with zero attached hydrogens (tertiary/aromatic N) is 1. The number of hydrogen-bond acceptors (Lipinski definition) is 4. The zero-order chi connectivity index (χ0) is 18.5. The van der Waals surface area contributed by atoms with Crippen molar-refractivity contribution in [2.45, 2.75) is 59.6 Å². The molecular weight excluding hydrogens is 330 g/mol. The highest BCUT2D eigenvalue weighted by molar-refractivity contribution is 6.29. The predicted molar refractivity (Wildman–Crippen MR) is 95.1 cm³/mol. The molecule has 0 spiro atoms. The van der Waals surface area contributed by atoms with Crippen molar-refractivity contribution in [3.8, 4) is 0 Å². The molecule has 24 heavy (non-hydrogen) atoms. The fourth-order valence-electron chi connectivity index (χ4n) is 1.95. The number of halogens is 1. The van der Waals surface area contributed by atoms with Crippen molar-refractivity contribution >= 4 is 29.3 Å². The Morgan fingerprint density at radius 1 is 1.21 bits per heavy atom. The van der Waals surface area contributed by atoms with Gasteiger partial charge in [0.25, 0.3) is 0 Å². The molecule has 0 aliphatic heterocycles. The van der Waals surface area contributed by atoms with E-state index in [4.69, 9.17) is 16.3 Å². The molecule has 2 N–H and O–H groups in total. The zero-order valence-electron chi connectivity index (χ0n) is 15.1. The fourth-order valence-corrected chi connectivity index (χ4v) is 2.06. The van der Waals surface area contributed by atoms with Gasteiger partial charge >= 0.3 is 6.09 Å². The van der Waals surface area contributed by atoms with Crippen molar-refractivity contribution in [1.82, 2.24) is 10.3 Å². The third-order valence-corrected chi connectivity index (χ3v) is 3.04. The first kappa shape index (κ1) is 20.2. The van der Waals surface area contributed by atoms with Gasteiger partial charge in [-0.1, -0.05) is 32.4 Å². The number of aromatic nitrogens is 1. The maximum absolute atomic E-state index is 12.5. The highest BCUT2D eigenvalue weighted by atomic mass is 35.5. The highest BCUT2D eigenvalue weighted by Crippen LogP contribution is 2.22. The minimum atomic E-state index is -0.726. The van der Waals surface area contributed by atoms with E-state index in [1.807, 2.05) is 20.8 Å². The summed E-state index contributed by atoms with van der Waals surface area (Å²) in [6.45, 7) is 11.3. The number of ether oxygens (including phenoxy) is 1. The average molecular weight is 356 g/mol. The van der Waals surface area contributed by atoms with Crippen LogP contribution >= 0.6 is 11.6 Å². The molecule has 6 nitrogen and oxygen atoms in total. The maximum Gasteiger partial charge on any atom is 0.408 e. The monoisotopic (exact) mass is 355 g/mol. The van der Waals surface area contributed by atoms with E-state index in [1.54, 1.807) is 32.9 Å². The Balaban J connectivity index is 2.82. The van der Waals surface area contributed by atoms with Gasteiger partial charge in [-0.15, -0.1) is 0 Å². The van der Waals surface area contributed by atoms with Crippen molar-refractivity contribution < 1.29 is 14.3 Å². The summed E-state index contributed by atoms with van der Waals surface area (Å²) in [6.07, 6.45) is 1.29. The molecule has 134 valence electrons. The molecule has 0 saturated heterocycles. The van der Waals surface area contributed by atoms with Gasteiger partial charge in [-0.3, -0.25) is 4.79 Å². The molecular formula is C17H26ClN3O3. The lowest BCUT2D eigenvalue weighted by Crippen LogP contribution is -2.47. The van der Waals surface area contributed by atoms with E-state index in [0.717, 1.165) is 0 Å². The quantitative estimate of drug-likeness (QED) is 0.800. The first-order chi connectivity index (χ1) is 10.9. The molecule has 1 rings (SSSR count). The largest absolute Gasteiger partial charge is 0.444 e. The lowest BCUT2D eigenvalue weighted by molar-refractivity contribution is -0.118. The van der Waals surface area contributed by atoms with E-state index in [2.05, 4.69) is 15.6 Å². The van der Waals surface area contributed by atoms with Crippen molar-refractivity contribution in [2.75, 3.05) is 5.32 Å². The lowest BCUT2D eigenvalue weighted by Gasteiger charge is -2.27. The number of nitrogens with one attached hydrogen (secondary N) is 2. The Labute approximate surface area is 148 Å². The summed E-state index contributed by atoms with van der Waals surface area (Å²) in [4.78, 5) is 28.5. The number of carbonyl (C=O) groups is 2. The van der Waals surface area contributed by atoms with Gasteiger partial charge in [0, 0.05) is 0 Å². The minimum absolute atomic E-state index is 0.157. The summed E-state index contributed by atoms with van der Waals surface area (Å²) in [5.74, 6) is -0.333. The Kier molecular flexibility index (Phi) is 6.60. The predicted octanol–water partition coefficient (Wildman–Crippen LogP) is 4.00. The summed E-state index contributed by atoms with van der Waals surface area (Å²) in [5, 5.41) is 5.71. The molecule has 1 aromatic heterocycles. The number of pyridine rings is 1. The summed E-state index contributed by atoms with van der Waals surface area (Å²) in [6, 6.07) is 2.50. The van der Waals surface area contributed by atoms with Crippen molar-refractivity contribution in [2.24, 2.45) is 5.41 Å². The second kappa shape index (κ2) is 7.83.